The number of likely N-dealkylation sites (tertiary alicyclic amines) is 1. The first-order valence-electron chi connectivity index (χ1n) is 13.8. The number of methoxy groups -OCH3 is 1. The summed E-state index contributed by atoms with van der Waals surface area (Å²) in [5.74, 6) is 0.819. The highest BCUT2D eigenvalue weighted by Crippen LogP contribution is 2.36. The zero-order valence-electron chi connectivity index (χ0n) is 22.7. The largest absolute Gasteiger partial charge is 0.453 e. The third-order valence-electron chi connectivity index (χ3n) is 7.70. The SMILES string of the molecule is CNCC(CC1CCCCC1)NC(=O)N1CCCC(C(OCCNC(=O)OC)c2cc(Cl)ccc2C)C1. The van der Waals surface area contributed by atoms with Crippen molar-refractivity contribution in [2.75, 3.05) is 46.9 Å². The maximum atomic E-state index is 13.4. The molecule has 1 aliphatic heterocycles. The number of rotatable bonds is 11. The van der Waals surface area contributed by atoms with Crippen LogP contribution >= 0.6 is 11.6 Å². The minimum Gasteiger partial charge on any atom is -0.453 e. The lowest BCUT2D eigenvalue weighted by molar-refractivity contribution is -0.00899. The number of hydrogen-bond donors (Lipinski definition) is 3. The number of benzene rings is 1. The molecular weight excluding hydrogens is 492 g/mol. The summed E-state index contributed by atoms with van der Waals surface area (Å²) < 4.78 is 11.0. The average molecular weight is 537 g/mol. The van der Waals surface area contributed by atoms with Crippen LogP contribution in [0.3, 0.4) is 0 Å². The van der Waals surface area contributed by atoms with Gasteiger partial charge in [-0.15, -0.1) is 0 Å². The van der Waals surface area contributed by atoms with Gasteiger partial charge in [-0.1, -0.05) is 49.8 Å². The molecule has 8 nitrogen and oxygen atoms in total. The van der Waals surface area contributed by atoms with Crippen molar-refractivity contribution in [1.82, 2.24) is 20.9 Å². The second-order valence-electron chi connectivity index (χ2n) is 10.5. The number of aryl methyl sites for hydroxylation is 1. The Bertz CT molecular complexity index is 865. The number of nitrogens with one attached hydrogen (secondary N) is 3. The second-order valence-corrected chi connectivity index (χ2v) is 10.9. The van der Waals surface area contributed by atoms with Crippen molar-refractivity contribution in [3.05, 3.63) is 34.3 Å². The molecule has 3 rings (SSSR count). The lowest BCUT2D eigenvalue weighted by atomic mass is 9.84. The number of nitrogens with zero attached hydrogens (tertiary/aromatic N) is 1. The van der Waals surface area contributed by atoms with Gasteiger partial charge in [-0.05, 0) is 62.4 Å². The Hall–Kier alpha value is -2.03. The fourth-order valence-electron chi connectivity index (χ4n) is 5.78. The Labute approximate surface area is 227 Å². The number of hydrogen-bond acceptors (Lipinski definition) is 5. The van der Waals surface area contributed by atoms with E-state index in [2.05, 4.69) is 27.6 Å². The van der Waals surface area contributed by atoms with Crippen LogP contribution in [0, 0.1) is 18.8 Å². The topological polar surface area (TPSA) is 91.9 Å². The van der Waals surface area contributed by atoms with Gasteiger partial charge in [0.2, 0.25) is 0 Å². The molecule has 2 fully saturated rings. The van der Waals surface area contributed by atoms with Gasteiger partial charge in [0.15, 0.2) is 0 Å². The van der Waals surface area contributed by atoms with Crippen LogP contribution in [-0.2, 0) is 9.47 Å². The molecule has 0 aromatic heterocycles. The molecule has 3 atom stereocenters. The summed E-state index contributed by atoms with van der Waals surface area (Å²) in [6.07, 6.45) is 8.66. The molecule has 1 aliphatic carbocycles. The monoisotopic (exact) mass is 536 g/mol. The van der Waals surface area contributed by atoms with E-state index in [0.717, 1.165) is 43.5 Å². The highest BCUT2D eigenvalue weighted by Gasteiger charge is 2.33. The summed E-state index contributed by atoms with van der Waals surface area (Å²) in [5.41, 5.74) is 2.13. The smallest absolute Gasteiger partial charge is 0.406 e. The van der Waals surface area contributed by atoms with Crippen LogP contribution in [0.5, 0.6) is 0 Å². The molecule has 2 aliphatic rings. The predicted molar refractivity (Wildman–Crippen MR) is 147 cm³/mol. The van der Waals surface area contributed by atoms with Crippen molar-refractivity contribution < 1.29 is 19.1 Å². The average Bonchev–Trinajstić information content (AvgIpc) is 2.91. The standard InChI is InChI=1S/C28H45ClN4O4/c1-20-11-12-23(29)17-25(20)26(37-15-13-31-28(35)36-3)22-10-7-14-33(19-22)27(34)32-24(18-30-2)16-21-8-5-4-6-9-21/h11-12,17,21-22,24,26,30H,4-10,13-16,18-19H2,1-3H3,(H,31,35)(H,32,34). The third-order valence-corrected chi connectivity index (χ3v) is 7.93. The van der Waals surface area contributed by atoms with E-state index in [1.54, 1.807) is 0 Å². The summed E-state index contributed by atoms with van der Waals surface area (Å²) >= 11 is 6.36. The van der Waals surface area contributed by atoms with E-state index in [-0.39, 0.29) is 24.1 Å². The summed E-state index contributed by atoms with van der Waals surface area (Å²) in [7, 11) is 3.29. The van der Waals surface area contributed by atoms with E-state index in [1.165, 1.54) is 39.2 Å². The van der Waals surface area contributed by atoms with E-state index in [9.17, 15) is 9.59 Å². The van der Waals surface area contributed by atoms with Gasteiger partial charge >= 0.3 is 12.1 Å². The number of piperidine rings is 1. The number of carbonyl (C=O) groups is 2. The fourth-order valence-corrected chi connectivity index (χ4v) is 5.96. The molecule has 0 bridgehead atoms. The molecule has 1 heterocycles. The van der Waals surface area contributed by atoms with E-state index in [4.69, 9.17) is 16.3 Å². The molecule has 0 radical (unpaired) electrons. The third kappa shape index (κ3) is 9.34. The number of amides is 3. The molecular formula is C28H45ClN4O4. The molecule has 1 saturated heterocycles. The van der Waals surface area contributed by atoms with Crippen molar-refractivity contribution in [2.45, 2.75) is 70.4 Å². The molecule has 3 amide bonds. The van der Waals surface area contributed by atoms with Crippen LogP contribution in [0.4, 0.5) is 9.59 Å². The van der Waals surface area contributed by atoms with Crippen molar-refractivity contribution in [3.63, 3.8) is 0 Å². The first kappa shape index (κ1) is 29.5. The Morgan fingerprint density at radius 2 is 1.95 bits per heavy atom. The number of carbonyl (C=O) groups excluding carboxylic acids is 2. The quantitative estimate of drug-likeness (QED) is 0.344. The molecule has 0 spiro atoms. The minimum absolute atomic E-state index is 0.00897. The van der Waals surface area contributed by atoms with Crippen LogP contribution in [0.15, 0.2) is 18.2 Å². The van der Waals surface area contributed by atoms with Gasteiger partial charge in [-0.25, -0.2) is 9.59 Å². The van der Waals surface area contributed by atoms with Gasteiger partial charge in [0, 0.05) is 43.2 Å². The zero-order chi connectivity index (χ0) is 26.6. The minimum atomic E-state index is -0.482. The molecule has 3 N–H and O–H groups in total. The highest BCUT2D eigenvalue weighted by molar-refractivity contribution is 6.30. The van der Waals surface area contributed by atoms with Crippen molar-refractivity contribution in [3.8, 4) is 0 Å². The van der Waals surface area contributed by atoms with Crippen molar-refractivity contribution in [2.24, 2.45) is 11.8 Å². The van der Waals surface area contributed by atoms with Crippen LogP contribution in [0.1, 0.15) is 68.6 Å². The number of alkyl carbamates (subject to hydrolysis) is 1. The van der Waals surface area contributed by atoms with Crippen LogP contribution in [0.2, 0.25) is 5.02 Å². The second kappa shape index (κ2) is 15.4. The van der Waals surface area contributed by atoms with Gasteiger partial charge in [0.25, 0.3) is 0 Å². The van der Waals surface area contributed by atoms with Crippen LogP contribution in [0.25, 0.3) is 0 Å². The number of ether oxygens (including phenoxy) is 2. The van der Waals surface area contributed by atoms with E-state index in [1.807, 2.05) is 30.1 Å². The summed E-state index contributed by atoms with van der Waals surface area (Å²) in [4.78, 5) is 26.8. The summed E-state index contributed by atoms with van der Waals surface area (Å²) in [6, 6.07) is 5.98. The molecule has 1 aromatic carbocycles. The fraction of sp³-hybridized carbons (Fsp3) is 0.714. The zero-order valence-corrected chi connectivity index (χ0v) is 23.4. The van der Waals surface area contributed by atoms with Gasteiger partial charge in [0.1, 0.15) is 0 Å². The first-order valence-corrected chi connectivity index (χ1v) is 14.2. The van der Waals surface area contributed by atoms with Crippen LogP contribution in [-0.4, -0.2) is 70.0 Å². The molecule has 208 valence electrons. The van der Waals surface area contributed by atoms with Gasteiger partial charge in [-0.3, -0.25) is 0 Å². The number of likely N-dealkylation sites (N-methyl/N-ethyl adjacent to an activating group) is 1. The maximum absolute atomic E-state index is 13.4. The predicted octanol–water partition coefficient (Wildman–Crippen LogP) is 5.04. The Balaban J connectivity index is 1.66. The molecule has 1 saturated carbocycles. The lowest BCUT2D eigenvalue weighted by Crippen LogP contribution is -2.52. The van der Waals surface area contributed by atoms with Crippen molar-refractivity contribution in [1.29, 1.82) is 0 Å². The molecule has 37 heavy (non-hydrogen) atoms. The Kier molecular flexibility index (Phi) is 12.3. The maximum Gasteiger partial charge on any atom is 0.406 e. The number of urea groups is 1. The first-order chi connectivity index (χ1) is 17.9. The van der Waals surface area contributed by atoms with E-state index >= 15 is 0 Å². The normalized spacial score (nSPS) is 20.2. The van der Waals surface area contributed by atoms with Crippen molar-refractivity contribution >= 4 is 23.7 Å². The summed E-state index contributed by atoms with van der Waals surface area (Å²) in [6.45, 7) is 4.86. The molecule has 3 unspecified atom stereocenters. The van der Waals surface area contributed by atoms with Gasteiger partial charge in [-0.2, -0.15) is 0 Å². The van der Waals surface area contributed by atoms with Gasteiger partial charge < -0.3 is 30.3 Å². The Morgan fingerprint density at radius 1 is 1.16 bits per heavy atom. The highest BCUT2D eigenvalue weighted by atomic mass is 35.5. The lowest BCUT2D eigenvalue weighted by Gasteiger charge is -2.38. The van der Waals surface area contributed by atoms with Crippen LogP contribution < -0.4 is 16.0 Å². The Morgan fingerprint density at radius 3 is 2.68 bits per heavy atom. The number of halogens is 1. The molecule has 9 heteroatoms. The van der Waals surface area contributed by atoms with E-state index < -0.39 is 6.09 Å². The summed E-state index contributed by atoms with van der Waals surface area (Å²) in [5, 5.41) is 9.92. The molecule has 1 aromatic rings. The van der Waals surface area contributed by atoms with Gasteiger partial charge in [0.05, 0.1) is 19.8 Å². The van der Waals surface area contributed by atoms with E-state index in [0.29, 0.717) is 30.6 Å².